The van der Waals surface area contributed by atoms with E-state index in [9.17, 15) is 5.26 Å². The molecule has 8 heteroatoms. The van der Waals surface area contributed by atoms with Crippen molar-refractivity contribution in [1.82, 2.24) is 14.5 Å². The Kier molecular flexibility index (Phi) is 5.51. The molecule has 2 fully saturated rings. The molecule has 4 heterocycles. The first-order valence-electron chi connectivity index (χ1n) is 10.1. The van der Waals surface area contributed by atoms with Gasteiger partial charge in [0.25, 0.3) is 0 Å². The van der Waals surface area contributed by atoms with Crippen molar-refractivity contribution in [3.8, 4) is 6.07 Å². The van der Waals surface area contributed by atoms with Crippen molar-refractivity contribution in [2.24, 2.45) is 5.92 Å². The van der Waals surface area contributed by atoms with Crippen LogP contribution in [0.2, 0.25) is 25.7 Å². The Balaban J connectivity index is 1.55. The van der Waals surface area contributed by atoms with Crippen molar-refractivity contribution in [3.63, 3.8) is 0 Å². The molecule has 2 atom stereocenters. The number of hydrogen-bond donors (Lipinski definition) is 0. The summed E-state index contributed by atoms with van der Waals surface area (Å²) in [4.78, 5) is 12.1. The summed E-state index contributed by atoms with van der Waals surface area (Å²) in [5.41, 5.74) is 1.73. The molecule has 0 aromatic carbocycles. The molecule has 2 saturated heterocycles. The van der Waals surface area contributed by atoms with Gasteiger partial charge in [0, 0.05) is 33.0 Å². The Hall–Kier alpha value is -1.43. The molecule has 28 heavy (non-hydrogen) atoms. The monoisotopic (exact) mass is 461 g/mol. The van der Waals surface area contributed by atoms with E-state index in [2.05, 4.69) is 46.5 Å². The molecular formula is C20H28BrN5OSi. The summed E-state index contributed by atoms with van der Waals surface area (Å²) in [6.07, 6.45) is 8.08. The maximum Gasteiger partial charge on any atom is 0.164 e. The van der Waals surface area contributed by atoms with E-state index < -0.39 is 8.07 Å². The summed E-state index contributed by atoms with van der Waals surface area (Å²) in [7, 11) is -1.09. The smallest absolute Gasteiger partial charge is 0.164 e. The van der Waals surface area contributed by atoms with Crippen LogP contribution in [0.25, 0.3) is 11.2 Å². The lowest BCUT2D eigenvalue weighted by atomic mass is 9.92. The Morgan fingerprint density at radius 2 is 2.00 bits per heavy atom. The van der Waals surface area contributed by atoms with Crippen LogP contribution in [0.3, 0.4) is 0 Å². The van der Waals surface area contributed by atoms with Gasteiger partial charge in [-0.25, -0.2) is 9.97 Å². The van der Waals surface area contributed by atoms with Gasteiger partial charge in [-0.15, -0.1) is 0 Å². The fourth-order valence-corrected chi connectivity index (χ4v) is 5.70. The number of anilines is 1. The summed E-state index contributed by atoms with van der Waals surface area (Å²) < 4.78 is 8.94. The van der Waals surface area contributed by atoms with E-state index in [1.165, 1.54) is 0 Å². The highest BCUT2D eigenvalue weighted by molar-refractivity contribution is 9.10. The second-order valence-electron chi connectivity index (χ2n) is 9.28. The van der Waals surface area contributed by atoms with Crippen LogP contribution in [0.4, 0.5) is 5.82 Å². The maximum atomic E-state index is 9.33. The molecule has 2 aromatic rings. The van der Waals surface area contributed by atoms with Gasteiger partial charge < -0.3 is 14.2 Å². The van der Waals surface area contributed by atoms with Gasteiger partial charge in [0.15, 0.2) is 5.65 Å². The van der Waals surface area contributed by atoms with Crippen LogP contribution in [0.15, 0.2) is 16.9 Å². The molecule has 0 radical (unpaired) electrons. The Labute approximate surface area is 176 Å². The minimum atomic E-state index is -1.09. The molecule has 150 valence electrons. The van der Waals surface area contributed by atoms with Gasteiger partial charge in [-0.05, 0) is 47.7 Å². The zero-order valence-electron chi connectivity index (χ0n) is 16.9. The standard InChI is InChI=1S/C20H28BrN5OSi/c1-28(2,3)7-6-27-13-25-12-17(21)19-20(25)24-18(11-23-19)26-15-4-5-16(26)9-14(8-15)10-22/h11-12,14-16H,4-9,13H2,1-3H3. The fraction of sp³-hybridized carbons (Fsp3) is 0.650. The average Bonchev–Trinajstić information content (AvgIpc) is 3.10. The molecule has 0 saturated carbocycles. The van der Waals surface area contributed by atoms with Crippen molar-refractivity contribution < 1.29 is 4.74 Å². The minimum absolute atomic E-state index is 0.184. The van der Waals surface area contributed by atoms with Crippen molar-refractivity contribution >= 4 is 41.0 Å². The number of halogens is 1. The zero-order valence-corrected chi connectivity index (χ0v) is 19.4. The van der Waals surface area contributed by atoms with E-state index in [4.69, 9.17) is 14.7 Å². The topological polar surface area (TPSA) is 67.0 Å². The number of nitrogens with zero attached hydrogens (tertiary/aromatic N) is 5. The van der Waals surface area contributed by atoms with E-state index in [0.717, 1.165) is 59.8 Å². The summed E-state index contributed by atoms with van der Waals surface area (Å²) in [5, 5.41) is 9.33. The third-order valence-electron chi connectivity index (χ3n) is 5.92. The number of fused-ring (bicyclic) bond motifs is 3. The van der Waals surface area contributed by atoms with Gasteiger partial charge in [0.05, 0.1) is 22.7 Å². The predicted molar refractivity (Wildman–Crippen MR) is 117 cm³/mol. The van der Waals surface area contributed by atoms with Crippen molar-refractivity contribution in [2.75, 3.05) is 11.5 Å². The molecule has 4 rings (SSSR count). The number of nitriles is 1. The molecule has 0 amide bonds. The number of piperidine rings is 1. The molecule has 2 unspecified atom stereocenters. The van der Waals surface area contributed by atoms with Crippen LogP contribution in [-0.2, 0) is 11.5 Å². The molecule has 0 N–H and O–H groups in total. The summed E-state index contributed by atoms with van der Waals surface area (Å²) in [6, 6.07) is 4.45. The molecule has 0 spiro atoms. The minimum Gasteiger partial charge on any atom is -0.361 e. The van der Waals surface area contributed by atoms with Gasteiger partial charge in [-0.3, -0.25) is 0 Å². The average molecular weight is 462 g/mol. The molecule has 0 aliphatic carbocycles. The van der Waals surface area contributed by atoms with Crippen molar-refractivity contribution in [2.45, 2.75) is 70.2 Å². The van der Waals surface area contributed by atoms with Gasteiger partial charge in [0.1, 0.15) is 18.1 Å². The maximum absolute atomic E-state index is 9.33. The molecule has 6 nitrogen and oxygen atoms in total. The Morgan fingerprint density at radius 1 is 1.29 bits per heavy atom. The van der Waals surface area contributed by atoms with Gasteiger partial charge in [-0.2, -0.15) is 5.26 Å². The second-order valence-corrected chi connectivity index (χ2v) is 15.8. The van der Waals surface area contributed by atoms with Crippen LogP contribution in [0.5, 0.6) is 0 Å². The lowest BCUT2D eigenvalue weighted by Crippen LogP contribution is -2.43. The highest BCUT2D eigenvalue weighted by atomic mass is 79.9. The highest BCUT2D eigenvalue weighted by Crippen LogP contribution is 2.41. The third-order valence-corrected chi connectivity index (χ3v) is 8.20. The molecule has 2 bridgehead atoms. The molecule has 2 aliphatic rings. The van der Waals surface area contributed by atoms with Crippen LogP contribution < -0.4 is 4.90 Å². The summed E-state index contributed by atoms with van der Waals surface area (Å²) in [5.74, 6) is 1.12. The highest BCUT2D eigenvalue weighted by Gasteiger charge is 2.41. The van der Waals surface area contributed by atoms with E-state index in [0.29, 0.717) is 18.8 Å². The lowest BCUT2D eigenvalue weighted by Gasteiger charge is -2.37. The van der Waals surface area contributed by atoms with E-state index in [-0.39, 0.29) is 5.92 Å². The van der Waals surface area contributed by atoms with Crippen LogP contribution in [-0.4, -0.2) is 41.3 Å². The van der Waals surface area contributed by atoms with Crippen LogP contribution in [0.1, 0.15) is 25.7 Å². The number of aromatic nitrogens is 3. The van der Waals surface area contributed by atoms with Gasteiger partial charge in [-0.1, -0.05) is 19.6 Å². The molecule has 2 aliphatic heterocycles. The van der Waals surface area contributed by atoms with E-state index >= 15 is 0 Å². The fourth-order valence-electron chi connectivity index (χ4n) is 4.42. The first kappa shape index (κ1) is 19.9. The zero-order chi connectivity index (χ0) is 19.9. The Morgan fingerprint density at radius 3 is 2.64 bits per heavy atom. The van der Waals surface area contributed by atoms with E-state index in [1.54, 1.807) is 0 Å². The first-order chi connectivity index (χ1) is 13.4. The van der Waals surface area contributed by atoms with Crippen LogP contribution >= 0.6 is 15.9 Å². The van der Waals surface area contributed by atoms with Crippen molar-refractivity contribution in [3.05, 3.63) is 16.9 Å². The summed E-state index contributed by atoms with van der Waals surface area (Å²) in [6.45, 7) is 8.36. The van der Waals surface area contributed by atoms with Gasteiger partial charge in [0.2, 0.25) is 0 Å². The van der Waals surface area contributed by atoms with Crippen LogP contribution in [0, 0.1) is 17.2 Å². The quantitative estimate of drug-likeness (QED) is 0.457. The molecule has 2 aromatic heterocycles. The normalized spacial score (nSPS) is 24.7. The Bertz CT molecular complexity index is 888. The SMILES string of the molecule is C[Si](C)(C)CCOCn1cc(Br)c2ncc(N3C4CCC3CC(C#N)C4)nc21. The second kappa shape index (κ2) is 7.77. The number of hydrogen-bond acceptors (Lipinski definition) is 5. The third kappa shape index (κ3) is 3.98. The summed E-state index contributed by atoms with van der Waals surface area (Å²) >= 11 is 3.61. The van der Waals surface area contributed by atoms with Crippen molar-refractivity contribution in [1.29, 1.82) is 5.26 Å². The lowest BCUT2D eigenvalue weighted by molar-refractivity contribution is 0.0898. The molecular weight excluding hydrogens is 434 g/mol. The van der Waals surface area contributed by atoms with Gasteiger partial charge >= 0.3 is 0 Å². The number of rotatable bonds is 6. The predicted octanol–water partition coefficient (Wildman–Crippen LogP) is 4.78. The number of ether oxygens (including phenoxy) is 1. The largest absolute Gasteiger partial charge is 0.361 e. The first-order valence-corrected chi connectivity index (χ1v) is 14.6. The van der Waals surface area contributed by atoms with E-state index in [1.807, 2.05) is 17.0 Å².